The Hall–Kier alpha value is -2.36. The lowest BCUT2D eigenvalue weighted by molar-refractivity contribution is -0.159. The summed E-state index contributed by atoms with van der Waals surface area (Å²) in [5, 5.41) is 0. The van der Waals surface area contributed by atoms with E-state index < -0.39 is 23.8 Å². The molecule has 1 atom stereocenters. The van der Waals surface area contributed by atoms with Crippen molar-refractivity contribution in [1.29, 1.82) is 0 Å². The van der Waals surface area contributed by atoms with Crippen molar-refractivity contribution in [1.82, 2.24) is 0 Å². The Morgan fingerprint density at radius 2 is 1.65 bits per heavy atom. The topological polar surface area (TPSA) is 52.6 Å². The van der Waals surface area contributed by atoms with Gasteiger partial charge in [-0.3, -0.25) is 9.59 Å². The molecule has 0 radical (unpaired) electrons. The van der Waals surface area contributed by atoms with Crippen molar-refractivity contribution in [3.8, 4) is 0 Å². The maximum atomic E-state index is 11.7. The fourth-order valence-corrected chi connectivity index (χ4v) is 1.78. The molecule has 0 bridgehead atoms. The highest BCUT2D eigenvalue weighted by molar-refractivity contribution is 5.95. The third-order valence-corrected chi connectivity index (χ3v) is 2.88. The van der Waals surface area contributed by atoms with Gasteiger partial charge in [-0.1, -0.05) is 48.6 Å². The number of ether oxygens (including phenoxy) is 2. The molecule has 1 rings (SSSR count). The minimum absolute atomic E-state index is 0.491. The van der Waals surface area contributed by atoms with Crippen molar-refractivity contribution >= 4 is 18.0 Å². The van der Waals surface area contributed by atoms with E-state index in [1.54, 1.807) is 6.08 Å². The van der Waals surface area contributed by atoms with Crippen LogP contribution in [0.25, 0.3) is 6.08 Å². The highest BCUT2D eigenvalue weighted by atomic mass is 16.5. The Balaban J connectivity index is 2.96. The number of carbonyl (C=O) groups is 2. The van der Waals surface area contributed by atoms with Gasteiger partial charge >= 0.3 is 11.9 Å². The van der Waals surface area contributed by atoms with Gasteiger partial charge in [-0.25, -0.2) is 0 Å². The largest absolute Gasteiger partial charge is 0.468 e. The van der Waals surface area contributed by atoms with E-state index in [0.29, 0.717) is 0 Å². The van der Waals surface area contributed by atoms with Crippen molar-refractivity contribution in [2.24, 2.45) is 11.8 Å². The van der Waals surface area contributed by atoms with Gasteiger partial charge in [0.2, 0.25) is 0 Å². The molecular formula is C16H18O4. The van der Waals surface area contributed by atoms with Crippen molar-refractivity contribution in [2.75, 3.05) is 14.2 Å². The number of carbonyl (C=O) groups excluding carboxylic acids is 2. The Morgan fingerprint density at radius 1 is 1.10 bits per heavy atom. The van der Waals surface area contributed by atoms with Crippen LogP contribution in [0.4, 0.5) is 0 Å². The molecule has 0 saturated heterocycles. The van der Waals surface area contributed by atoms with Gasteiger partial charge < -0.3 is 9.47 Å². The van der Waals surface area contributed by atoms with Gasteiger partial charge in [0, 0.05) is 5.92 Å². The van der Waals surface area contributed by atoms with Crippen molar-refractivity contribution in [3.63, 3.8) is 0 Å². The molecule has 0 amide bonds. The zero-order valence-corrected chi connectivity index (χ0v) is 11.6. The van der Waals surface area contributed by atoms with Gasteiger partial charge in [0.25, 0.3) is 0 Å². The lowest BCUT2D eigenvalue weighted by Gasteiger charge is -2.17. The van der Waals surface area contributed by atoms with E-state index in [4.69, 9.17) is 0 Å². The summed E-state index contributed by atoms with van der Waals surface area (Å²) in [7, 11) is 2.47. The fraction of sp³-hybridized carbons (Fsp3) is 0.250. The molecule has 0 aromatic heterocycles. The second kappa shape index (κ2) is 7.94. The summed E-state index contributed by atoms with van der Waals surface area (Å²) < 4.78 is 9.30. The smallest absolute Gasteiger partial charge is 0.320 e. The van der Waals surface area contributed by atoms with Gasteiger partial charge in [0.15, 0.2) is 5.92 Å². The van der Waals surface area contributed by atoms with E-state index in [1.807, 2.05) is 36.4 Å². The maximum Gasteiger partial charge on any atom is 0.320 e. The maximum absolute atomic E-state index is 11.7. The Morgan fingerprint density at radius 3 is 2.10 bits per heavy atom. The van der Waals surface area contributed by atoms with Crippen LogP contribution in [0.15, 0.2) is 49.1 Å². The molecule has 0 aliphatic heterocycles. The molecule has 0 fully saturated rings. The van der Waals surface area contributed by atoms with Crippen LogP contribution in [0.2, 0.25) is 0 Å². The molecule has 1 unspecified atom stereocenters. The summed E-state index contributed by atoms with van der Waals surface area (Å²) in [5.41, 5.74) is 0.966. The molecule has 1 aromatic rings. The predicted octanol–water partition coefficient (Wildman–Crippen LogP) is 2.46. The molecule has 0 N–H and O–H groups in total. The van der Waals surface area contributed by atoms with Crippen LogP contribution in [0, 0.1) is 11.8 Å². The monoisotopic (exact) mass is 274 g/mol. The molecular weight excluding hydrogens is 256 g/mol. The average Bonchev–Trinajstić information content (AvgIpc) is 2.51. The van der Waals surface area contributed by atoms with E-state index in [2.05, 4.69) is 16.1 Å². The quantitative estimate of drug-likeness (QED) is 0.454. The highest BCUT2D eigenvalue weighted by Crippen LogP contribution is 2.20. The van der Waals surface area contributed by atoms with Crippen LogP contribution in [0.5, 0.6) is 0 Å². The minimum Gasteiger partial charge on any atom is -0.468 e. The van der Waals surface area contributed by atoms with Gasteiger partial charge in [-0.15, -0.1) is 6.58 Å². The lowest BCUT2D eigenvalue weighted by atomic mass is 9.91. The summed E-state index contributed by atoms with van der Waals surface area (Å²) in [6, 6.07) is 9.55. The van der Waals surface area contributed by atoms with E-state index in [1.165, 1.54) is 20.3 Å². The standard InChI is InChI=1S/C16H18O4/c1-4-13(11-10-12-8-6-5-7-9-12)14(15(17)19-2)16(18)20-3/h4-11,13-14H,1H2,2-3H3/b11-10+. The Kier molecular flexibility index (Phi) is 6.23. The first kappa shape index (κ1) is 15.7. The summed E-state index contributed by atoms with van der Waals surface area (Å²) in [5.74, 6) is -2.81. The Labute approximate surface area is 118 Å². The van der Waals surface area contributed by atoms with Crippen LogP contribution in [0.3, 0.4) is 0 Å². The number of hydrogen-bond donors (Lipinski definition) is 0. The normalized spacial score (nSPS) is 12.2. The third kappa shape index (κ3) is 4.09. The van der Waals surface area contributed by atoms with Crippen LogP contribution >= 0.6 is 0 Å². The summed E-state index contributed by atoms with van der Waals surface area (Å²) >= 11 is 0. The van der Waals surface area contributed by atoms with E-state index in [0.717, 1.165) is 5.56 Å². The van der Waals surface area contributed by atoms with E-state index >= 15 is 0 Å². The molecule has 0 aliphatic carbocycles. The SMILES string of the molecule is C=CC(/C=C/c1ccccc1)C(C(=O)OC)C(=O)OC. The number of esters is 2. The molecule has 106 valence electrons. The fourth-order valence-electron chi connectivity index (χ4n) is 1.78. The zero-order chi connectivity index (χ0) is 15.0. The van der Waals surface area contributed by atoms with Gasteiger partial charge in [0.05, 0.1) is 14.2 Å². The van der Waals surface area contributed by atoms with Gasteiger partial charge in [0.1, 0.15) is 0 Å². The summed E-state index contributed by atoms with van der Waals surface area (Å²) in [6.45, 7) is 3.66. The first-order chi connectivity index (χ1) is 9.63. The summed E-state index contributed by atoms with van der Waals surface area (Å²) in [6.07, 6.45) is 5.09. The van der Waals surface area contributed by atoms with Crippen LogP contribution in [-0.2, 0) is 19.1 Å². The third-order valence-electron chi connectivity index (χ3n) is 2.88. The minimum atomic E-state index is -1.04. The molecule has 20 heavy (non-hydrogen) atoms. The van der Waals surface area contributed by atoms with Crippen LogP contribution in [-0.4, -0.2) is 26.2 Å². The number of benzene rings is 1. The molecule has 0 aliphatic rings. The molecule has 4 heteroatoms. The van der Waals surface area contributed by atoms with Gasteiger partial charge in [-0.2, -0.15) is 0 Å². The average molecular weight is 274 g/mol. The second-order valence-corrected chi connectivity index (χ2v) is 4.11. The molecule has 0 heterocycles. The second-order valence-electron chi connectivity index (χ2n) is 4.11. The zero-order valence-electron chi connectivity index (χ0n) is 11.6. The first-order valence-electron chi connectivity index (χ1n) is 6.15. The van der Waals surface area contributed by atoms with Crippen molar-refractivity contribution in [2.45, 2.75) is 0 Å². The van der Waals surface area contributed by atoms with E-state index in [9.17, 15) is 9.59 Å². The number of methoxy groups -OCH3 is 2. The van der Waals surface area contributed by atoms with E-state index in [-0.39, 0.29) is 0 Å². The molecule has 1 aromatic carbocycles. The molecule has 4 nitrogen and oxygen atoms in total. The van der Waals surface area contributed by atoms with Crippen LogP contribution < -0.4 is 0 Å². The van der Waals surface area contributed by atoms with Gasteiger partial charge in [-0.05, 0) is 5.56 Å². The van der Waals surface area contributed by atoms with Crippen molar-refractivity contribution < 1.29 is 19.1 Å². The molecule has 0 saturated carbocycles. The lowest BCUT2D eigenvalue weighted by Crippen LogP contribution is -2.31. The predicted molar refractivity (Wildman–Crippen MR) is 76.7 cm³/mol. The van der Waals surface area contributed by atoms with Crippen molar-refractivity contribution in [3.05, 3.63) is 54.6 Å². The molecule has 0 spiro atoms. The Bertz CT molecular complexity index is 474. The summed E-state index contributed by atoms with van der Waals surface area (Å²) in [4.78, 5) is 23.4. The number of rotatable bonds is 6. The highest BCUT2D eigenvalue weighted by Gasteiger charge is 2.33. The van der Waals surface area contributed by atoms with Crippen LogP contribution in [0.1, 0.15) is 5.56 Å². The number of allylic oxidation sites excluding steroid dienone is 2. The number of hydrogen-bond acceptors (Lipinski definition) is 4. The first-order valence-corrected chi connectivity index (χ1v) is 6.15.